The molecule has 1 unspecified atom stereocenters. The molecule has 1 aromatic carbocycles. The zero-order chi connectivity index (χ0) is 15.2. The average molecular weight is 281 g/mol. The molecule has 21 heavy (non-hydrogen) atoms. The van der Waals surface area contributed by atoms with Gasteiger partial charge in [-0.2, -0.15) is 5.26 Å². The van der Waals surface area contributed by atoms with Crippen LogP contribution in [0.1, 0.15) is 24.1 Å². The van der Waals surface area contributed by atoms with Crippen LogP contribution in [0.15, 0.2) is 53.5 Å². The summed E-state index contributed by atoms with van der Waals surface area (Å²) in [5, 5.41) is 11.6. The Balaban J connectivity index is 2.00. The van der Waals surface area contributed by atoms with E-state index in [-0.39, 0.29) is 24.1 Å². The van der Waals surface area contributed by atoms with Crippen molar-refractivity contribution in [2.45, 2.75) is 19.5 Å². The summed E-state index contributed by atoms with van der Waals surface area (Å²) >= 11 is 0. The second-order valence-corrected chi connectivity index (χ2v) is 4.69. The number of rotatable bonds is 4. The minimum absolute atomic E-state index is 0.0136. The van der Waals surface area contributed by atoms with E-state index in [9.17, 15) is 9.59 Å². The van der Waals surface area contributed by atoms with Crippen molar-refractivity contribution in [1.29, 1.82) is 5.26 Å². The number of nitriles is 1. The largest absolute Gasteiger partial charge is 0.348 e. The Morgan fingerprint density at radius 2 is 2.00 bits per heavy atom. The van der Waals surface area contributed by atoms with Crippen molar-refractivity contribution in [2.75, 3.05) is 0 Å². The first-order valence-electron chi connectivity index (χ1n) is 6.55. The fraction of sp³-hybridized carbons (Fsp3) is 0.188. The fourth-order valence-electron chi connectivity index (χ4n) is 1.96. The third-order valence-corrected chi connectivity index (χ3v) is 3.13. The minimum atomic E-state index is -0.236. The van der Waals surface area contributed by atoms with E-state index in [4.69, 9.17) is 5.26 Å². The van der Waals surface area contributed by atoms with E-state index < -0.39 is 0 Å². The fourth-order valence-corrected chi connectivity index (χ4v) is 1.96. The van der Waals surface area contributed by atoms with E-state index in [0.717, 1.165) is 5.56 Å². The molecule has 1 heterocycles. The summed E-state index contributed by atoms with van der Waals surface area (Å²) in [7, 11) is 0. The van der Waals surface area contributed by atoms with Gasteiger partial charge in [-0.15, -0.1) is 0 Å². The molecule has 0 bridgehead atoms. The van der Waals surface area contributed by atoms with Crippen molar-refractivity contribution < 1.29 is 4.79 Å². The van der Waals surface area contributed by atoms with Crippen LogP contribution >= 0.6 is 0 Å². The highest BCUT2D eigenvalue weighted by atomic mass is 16.2. The maximum absolute atomic E-state index is 11.9. The van der Waals surface area contributed by atoms with Crippen LogP contribution in [0.5, 0.6) is 0 Å². The first kappa shape index (κ1) is 14.5. The van der Waals surface area contributed by atoms with Crippen LogP contribution in [-0.2, 0) is 11.3 Å². The van der Waals surface area contributed by atoms with E-state index in [1.165, 1.54) is 10.6 Å². The number of carbonyl (C=O) groups excluding carboxylic acids is 1. The predicted octanol–water partition coefficient (Wildman–Crippen LogP) is 1.60. The number of hydrogen-bond acceptors (Lipinski definition) is 3. The summed E-state index contributed by atoms with van der Waals surface area (Å²) in [6, 6.07) is 13.6. The zero-order valence-corrected chi connectivity index (χ0v) is 11.6. The molecule has 0 radical (unpaired) electrons. The smallest absolute Gasteiger partial charge is 0.250 e. The number of benzene rings is 1. The van der Waals surface area contributed by atoms with Crippen LogP contribution < -0.4 is 10.9 Å². The van der Waals surface area contributed by atoms with E-state index in [2.05, 4.69) is 5.32 Å². The van der Waals surface area contributed by atoms with E-state index in [1.807, 2.05) is 13.0 Å². The minimum Gasteiger partial charge on any atom is -0.348 e. The van der Waals surface area contributed by atoms with Crippen molar-refractivity contribution in [1.82, 2.24) is 9.88 Å². The van der Waals surface area contributed by atoms with Gasteiger partial charge in [0, 0.05) is 12.3 Å². The van der Waals surface area contributed by atoms with Gasteiger partial charge in [0.25, 0.3) is 5.56 Å². The van der Waals surface area contributed by atoms with Crippen LogP contribution in [0.25, 0.3) is 0 Å². The van der Waals surface area contributed by atoms with Crippen molar-refractivity contribution >= 4 is 5.91 Å². The summed E-state index contributed by atoms with van der Waals surface area (Å²) in [6.07, 6.45) is 1.58. The van der Waals surface area contributed by atoms with E-state index in [1.54, 1.807) is 42.6 Å². The lowest BCUT2D eigenvalue weighted by molar-refractivity contribution is -0.122. The van der Waals surface area contributed by atoms with Gasteiger partial charge in [0.05, 0.1) is 17.7 Å². The molecular weight excluding hydrogens is 266 g/mol. The Morgan fingerprint density at radius 3 is 2.62 bits per heavy atom. The topological polar surface area (TPSA) is 74.9 Å². The lowest BCUT2D eigenvalue weighted by Gasteiger charge is -2.15. The van der Waals surface area contributed by atoms with Crippen LogP contribution in [0.4, 0.5) is 0 Å². The lowest BCUT2D eigenvalue weighted by atomic mass is 10.1. The number of hydrogen-bond donors (Lipinski definition) is 1. The Labute approximate surface area is 122 Å². The van der Waals surface area contributed by atoms with Gasteiger partial charge in [-0.1, -0.05) is 18.2 Å². The van der Waals surface area contributed by atoms with Gasteiger partial charge in [0.2, 0.25) is 5.91 Å². The Hall–Kier alpha value is -2.87. The van der Waals surface area contributed by atoms with Crippen molar-refractivity contribution in [3.05, 3.63) is 70.1 Å². The second-order valence-electron chi connectivity index (χ2n) is 4.69. The molecule has 5 nitrogen and oxygen atoms in total. The monoisotopic (exact) mass is 281 g/mol. The normalized spacial score (nSPS) is 11.4. The van der Waals surface area contributed by atoms with Crippen LogP contribution in [0.2, 0.25) is 0 Å². The Kier molecular flexibility index (Phi) is 4.52. The van der Waals surface area contributed by atoms with Crippen molar-refractivity contribution in [3.63, 3.8) is 0 Å². The highest BCUT2D eigenvalue weighted by Crippen LogP contribution is 2.12. The predicted molar refractivity (Wildman–Crippen MR) is 78.4 cm³/mol. The van der Waals surface area contributed by atoms with Gasteiger partial charge < -0.3 is 9.88 Å². The Morgan fingerprint density at radius 1 is 1.29 bits per heavy atom. The standard InChI is InChI=1S/C16H15N3O2/c1-12(14-7-5-13(10-17)6-8-14)18-15(20)11-19-9-3-2-4-16(19)21/h2-9,12H,11H2,1H3,(H,18,20). The molecule has 0 saturated carbocycles. The highest BCUT2D eigenvalue weighted by Gasteiger charge is 2.10. The number of carbonyl (C=O) groups is 1. The van der Waals surface area contributed by atoms with Gasteiger partial charge in [-0.05, 0) is 30.7 Å². The second kappa shape index (κ2) is 6.53. The molecule has 1 N–H and O–H groups in total. The maximum Gasteiger partial charge on any atom is 0.250 e. The third kappa shape index (κ3) is 3.80. The first-order valence-corrected chi connectivity index (χ1v) is 6.55. The van der Waals surface area contributed by atoms with E-state index >= 15 is 0 Å². The SMILES string of the molecule is CC(NC(=O)Cn1ccccc1=O)c1ccc(C#N)cc1. The molecule has 1 amide bonds. The molecule has 1 aromatic heterocycles. The molecule has 106 valence electrons. The summed E-state index contributed by atoms with van der Waals surface area (Å²) in [5.41, 5.74) is 1.27. The molecule has 1 atom stereocenters. The van der Waals surface area contributed by atoms with Gasteiger partial charge in [-0.25, -0.2) is 0 Å². The third-order valence-electron chi connectivity index (χ3n) is 3.13. The van der Waals surface area contributed by atoms with Crippen LogP contribution in [0.3, 0.4) is 0 Å². The van der Waals surface area contributed by atoms with Gasteiger partial charge >= 0.3 is 0 Å². The summed E-state index contributed by atoms with van der Waals surface area (Å²) in [4.78, 5) is 23.5. The molecule has 0 aliphatic rings. The number of aromatic nitrogens is 1. The van der Waals surface area contributed by atoms with E-state index in [0.29, 0.717) is 5.56 Å². The maximum atomic E-state index is 11.9. The number of pyridine rings is 1. The summed E-state index contributed by atoms with van der Waals surface area (Å²) in [6.45, 7) is 1.84. The first-order chi connectivity index (χ1) is 10.1. The van der Waals surface area contributed by atoms with Gasteiger partial charge in [0.15, 0.2) is 0 Å². The lowest BCUT2D eigenvalue weighted by Crippen LogP contribution is -2.33. The van der Waals surface area contributed by atoms with Crippen LogP contribution in [-0.4, -0.2) is 10.5 Å². The van der Waals surface area contributed by atoms with Crippen molar-refractivity contribution in [2.24, 2.45) is 0 Å². The molecule has 0 aliphatic heterocycles. The molecule has 0 aliphatic carbocycles. The van der Waals surface area contributed by atoms with Crippen molar-refractivity contribution in [3.8, 4) is 6.07 Å². The summed E-state index contributed by atoms with van der Waals surface area (Å²) in [5.74, 6) is -0.236. The van der Waals surface area contributed by atoms with Crippen LogP contribution in [0, 0.1) is 11.3 Å². The molecule has 5 heteroatoms. The highest BCUT2D eigenvalue weighted by molar-refractivity contribution is 5.76. The molecule has 0 fully saturated rings. The zero-order valence-electron chi connectivity index (χ0n) is 11.6. The summed E-state index contributed by atoms with van der Waals surface area (Å²) < 4.78 is 1.35. The van der Waals surface area contributed by atoms with Gasteiger partial charge in [0.1, 0.15) is 6.54 Å². The number of nitrogens with one attached hydrogen (secondary N) is 1. The molecule has 2 rings (SSSR count). The number of amides is 1. The molecule has 0 spiro atoms. The Bertz CT molecular complexity index is 726. The molecular formula is C16H15N3O2. The number of nitrogens with zero attached hydrogens (tertiary/aromatic N) is 2. The van der Waals surface area contributed by atoms with Gasteiger partial charge in [-0.3, -0.25) is 9.59 Å². The molecule has 2 aromatic rings. The average Bonchev–Trinajstić information content (AvgIpc) is 2.49. The quantitative estimate of drug-likeness (QED) is 0.925. The molecule has 0 saturated heterocycles.